The molecule has 1 fully saturated rings. The van der Waals surface area contributed by atoms with Crippen LogP contribution in [0.25, 0.3) is 11.3 Å². The zero-order chi connectivity index (χ0) is 14.9. The molecule has 1 aliphatic rings. The van der Waals surface area contributed by atoms with Gasteiger partial charge < -0.3 is 10.6 Å². The van der Waals surface area contributed by atoms with Crippen LogP contribution in [0, 0.1) is 6.92 Å². The summed E-state index contributed by atoms with van der Waals surface area (Å²) in [5, 5.41) is 14.2. The van der Waals surface area contributed by atoms with Gasteiger partial charge in [-0.2, -0.15) is 0 Å². The predicted molar refractivity (Wildman–Crippen MR) is 82.5 cm³/mol. The van der Waals surface area contributed by atoms with E-state index in [9.17, 15) is 0 Å². The second-order valence-corrected chi connectivity index (χ2v) is 5.53. The summed E-state index contributed by atoms with van der Waals surface area (Å²) >= 11 is 0. The molecule has 0 bridgehead atoms. The van der Waals surface area contributed by atoms with E-state index in [1.807, 2.05) is 12.1 Å². The molecule has 112 valence electrons. The zero-order valence-corrected chi connectivity index (χ0v) is 12.2. The fourth-order valence-corrected chi connectivity index (χ4v) is 2.27. The van der Waals surface area contributed by atoms with Crippen molar-refractivity contribution >= 4 is 22.9 Å². The molecule has 0 spiro atoms. The first-order valence-electron chi connectivity index (χ1n) is 7.35. The molecule has 0 radical (unpaired) electrons. The van der Waals surface area contributed by atoms with Crippen molar-refractivity contribution in [1.82, 2.24) is 20.3 Å². The van der Waals surface area contributed by atoms with Crippen LogP contribution in [0.5, 0.6) is 0 Å². The van der Waals surface area contributed by atoms with E-state index in [0.717, 1.165) is 12.8 Å². The molecule has 1 aromatic carbocycles. The van der Waals surface area contributed by atoms with Gasteiger partial charge in [-0.1, -0.05) is 24.3 Å². The molecule has 1 aliphatic carbocycles. The summed E-state index contributed by atoms with van der Waals surface area (Å²) < 4.78 is 4.70. The molecule has 0 saturated heterocycles. The number of anilines is 2. The SMILES string of the molecule is Cc1ccccc1CNc1nc2nonc2nc1NC1CC1. The van der Waals surface area contributed by atoms with E-state index in [-0.39, 0.29) is 0 Å². The Morgan fingerprint density at radius 2 is 1.82 bits per heavy atom. The standard InChI is InChI=1S/C15H16N6O/c1-9-4-2-3-5-10(9)8-16-12-13(17-11-6-7-11)19-15-14(18-12)20-22-21-15/h2-5,11H,6-8H2,1H3,(H,16,18,20)(H,17,19,21). The Hall–Kier alpha value is -2.70. The van der Waals surface area contributed by atoms with E-state index in [1.54, 1.807) is 0 Å². The summed E-state index contributed by atoms with van der Waals surface area (Å²) in [7, 11) is 0. The van der Waals surface area contributed by atoms with Crippen molar-refractivity contribution in [3.63, 3.8) is 0 Å². The van der Waals surface area contributed by atoms with Gasteiger partial charge >= 0.3 is 0 Å². The second-order valence-electron chi connectivity index (χ2n) is 5.53. The first-order chi connectivity index (χ1) is 10.8. The molecule has 22 heavy (non-hydrogen) atoms. The van der Waals surface area contributed by atoms with Crippen molar-refractivity contribution in [1.29, 1.82) is 0 Å². The minimum absolute atomic E-state index is 0.411. The molecular formula is C15H16N6O. The minimum atomic E-state index is 0.411. The van der Waals surface area contributed by atoms with Gasteiger partial charge in [-0.3, -0.25) is 0 Å². The highest BCUT2D eigenvalue weighted by Crippen LogP contribution is 2.28. The van der Waals surface area contributed by atoms with Gasteiger partial charge in [-0.15, -0.1) is 0 Å². The Labute approximate surface area is 127 Å². The smallest absolute Gasteiger partial charge is 0.245 e. The largest absolute Gasteiger partial charge is 0.364 e. The molecule has 4 rings (SSSR count). The molecule has 0 aliphatic heterocycles. The normalized spacial score (nSPS) is 14.2. The molecule has 7 heteroatoms. The number of benzene rings is 1. The van der Waals surface area contributed by atoms with Crippen LogP contribution in [-0.4, -0.2) is 26.3 Å². The van der Waals surface area contributed by atoms with Crippen LogP contribution in [0.3, 0.4) is 0 Å². The van der Waals surface area contributed by atoms with E-state index in [2.05, 4.69) is 50.0 Å². The van der Waals surface area contributed by atoms with Crippen LogP contribution in [0.4, 0.5) is 11.6 Å². The van der Waals surface area contributed by atoms with Gasteiger partial charge in [0.2, 0.25) is 11.3 Å². The number of hydrogen-bond donors (Lipinski definition) is 2. The second kappa shape index (κ2) is 5.25. The van der Waals surface area contributed by atoms with Crippen molar-refractivity contribution in [2.75, 3.05) is 10.6 Å². The maximum Gasteiger partial charge on any atom is 0.245 e. The summed E-state index contributed by atoms with van der Waals surface area (Å²) in [5.74, 6) is 1.39. The van der Waals surface area contributed by atoms with Crippen LogP contribution < -0.4 is 10.6 Å². The van der Waals surface area contributed by atoms with E-state index < -0.39 is 0 Å². The van der Waals surface area contributed by atoms with Crippen molar-refractivity contribution in [3.05, 3.63) is 35.4 Å². The van der Waals surface area contributed by atoms with Crippen molar-refractivity contribution < 1.29 is 4.63 Å². The maximum atomic E-state index is 4.70. The highest BCUT2D eigenvalue weighted by Gasteiger charge is 2.24. The number of fused-ring (bicyclic) bond motifs is 1. The van der Waals surface area contributed by atoms with Crippen molar-refractivity contribution in [2.45, 2.75) is 32.4 Å². The number of nitrogens with one attached hydrogen (secondary N) is 2. The third kappa shape index (κ3) is 2.57. The topological polar surface area (TPSA) is 88.8 Å². The molecule has 2 N–H and O–H groups in total. The van der Waals surface area contributed by atoms with Gasteiger partial charge in [0, 0.05) is 12.6 Å². The monoisotopic (exact) mass is 296 g/mol. The Morgan fingerprint density at radius 1 is 1.09 bits per heavy atom. The van der Waals surface area contributed by atoms with Crippen LogP contribution >= 0.6 is 0 Å². The Bertz CT molecular complexity index is 811. The highest BCUT2D eigenvalue weighted by molar-refractivity contribution is 5.73. The quantitative estimate of drug-likeness (QED) is 0.747. The molecule has 7 nitrogen and oxygen atoms in total. The van der Waals surface area contributed by atoms with Gasteiger partial charge in [0.25, 0.3) is 0 Å². The number of aromatic nitrogens is 4. The van der Waals surface area contributed by atoms with Gasteiger partial charge in [0.1, 0.15) is 0 Å². The average molecular weight is 296 g/mol. The number of hydrogen-bond acceptors (Lipinski definition) is 7. The first kappa shape index (κ1) is 13.0. The van der Waals surface area contributed by atoms with Crippen LogP contribution in [0.15, 0.2) is 28.9 Å². The third-order valence-electron chi connectivity index (χ3n) is 3.74. The van der Waals surface area contributed by atoms with Gasteiger partial charge in [0.15, 0.2) is 11.6 Å². The van der Waals surface area contributed by atoms with Crippen LogP contribution in [0.1, 0.15) is 24.0 Å². The fraction of sp³-hybridized carbons (Fsp3) is 0.333. The summed E-state index contributed by atoms with van der Waals surface area (Å²) in [6.45, 7) is 2.77. The van der Waals surface area contributed by atoms with E-state index >= 15 is 0 Å². The summed E-state index contributed by atoms with van der Waals surface area (Å²) in [6.07, 6.45) is 2.32. The van der Waals surface area contributed by atoms with Crippen molar-refractivity contribution in [3.8, 4) is 0 Å². The summed E-state index contributed by atoms with van der Waals surface area (Å²) in [5.41, 5.74) is 3.29. The summed E-state index contributed by atoms with van der Waals surface area (Å²) in [6, 6.07) is 8.73. The first-order valence-corrected chi connectivity index (χ1v) is 7.35. The Morgan fingerprint density at radius 3 is 2.55 bits per heavy atom. The lowest BCUT2D eigenvalue weighted by Crippen LogP contribution is -2.11. The lowest BCUT2D eigenvalue weighted by molar-refractivity contribution is 0.314. The molecule has 3 aromatic rings. The average Bonchev–Trinajstić information content (AvgIpc) is 3.22. The van der Waals surface area contributed by atoms with Gasteiger partial charge in [-0.25, -0.2) is 14.6 Å². The predicted octanol–water partition coefficient (Wildman–Crippen LogP) is 2.51. The fourth-order valence-electron chi connectivity index (χ4n) is 2.27. The Balaban J connectivity index is 1.62. The van der Waals surface area contributed by atoms with E-state index in [1.165, 1.54) is 11.1 Å². The molecule has 0 amide bonds. The number of aryl methyl sites for hydroxylation is 1. The third-order valence-corrected chi connectivity index (χ3v) is 3.74. The van der Waals surface area contributed by atoms with Crippen LogP contribution in [-0.2, 0) is 6.54 Å². The van der Waals surface area contributed by atoms with Gasteiger partial charge in [0.05, 0.1) is 0 Å². The molecular weight excluding hydrogens is 280 g/mol. The highest BCUT2D eigenvalue weighted by atomic mass is 16.6. The minimum Gasteiger partial charge on any atom is -0.364 e. The molecule has 1 saturated carbocycles. The van der Waals surface area contributed by atoms with E-state index in [0.29, 0.717) is 35.5 Å². The summed E-state index contributed by atoms with van der Waals surface area (Å²) in [4.78, 5) is 8.90. The Kier molecular flexibility index (Phi) is 3.10. The molecule has 2 heterocycles. The zero-order valence-electron chi connectivity index (χ0n) is 12.2. The lowest BCUT2D eigenvalue weighted by Gasteiger charge is -2.12. The van der Waals surface area contributed by atoms with Gasteiger partial charge in [-0.05, 0) is 41.2 Å². The maximum absolute atomic E-state index is 4.70. The number of nitrogens with zero attached hydrogens (tertiary/aromatic N) is 4. The van der Waals surface area contributed by atoms with Crippen LogP contribution in [0.2, 0.25) is 0 Å². The molecule has 2 aromatic heterocycles. The van der Waals surface area contributed by atoms with E-state index in [4.69, 9.17) is 4.63 Å². The van der Waals surface area contributed by atoms with Crippen molar-refractivity contribution in [2.24, 2.45) is 0 Å². The molecule has 0 atom stereocenters. The lowest BCUT2D eigenvalue weighted by atomic mass is 10.1. The molecule has 0 unspecified atom stereocenters. The number of rotatable bonds is 5.